The first-order valence-electron chi connectivity index (χ1n) is 20.9. The fourth-order valence-corrected chi connectivity index (χ4v) is 10.1. The van der Waals surface area contributed by atoms with Crippen molar-refractivity contribution in [2.45, 2.75) is 141 Å². The summed E-state index contributed by atoms with van der Waals surface area (Å²) in [5.41, 5.74) is -7.59. The number of rotatable bonds is 11. The van der Waals surface area contributed by atoms with Gasteiger partial charge in [0.2, 0.25) is 0 Å². The highest BCUT2D eigenvalue weighted by Gasteiger charge is 2.78. The number of alkyl carbamates (subject to hydrolysis) is 1. The quantitative estimate of drug-likeness (QED) is 0.108. The van der Waals surface area contributed by atoms with Crippen LogP contribution in [0.5, 0.6) is 0 Å². The number of hydrogen-bond acceptors (Lipinski definition) is 15. The summed E-state index contributed by atoms with van der Waals surface area (Å²) in [6.07, 6.45) is -10.8. The van der Waals surface area contributed by atoms with Gasteiger partial charge < -0.3 is 54.5 Å². The summed E-state index contributed by atoms with van der Waals surface area (Å²) in [5.74, 6) is -5.44. The van der Waals surface area contributed by atoms with Crippen LogP contribution in [-0.2, 0) is 44.5 Å². The zero-order valence-electron chi connectivity index (χ0n) is 36.4. The van der Waals surface area contributed by atoms with Gasteiger partial charge in [-0.3, -0.25) is 9.59 Å². The van der Waals surface area contributed by atoms with Crippen molar-refractivity contribution in [2.24, 2.45) is 16.7 Å². The highest BCUT2D eigenvalue weighted by molar-refractivity contribution is 5.94. The number of ether oxygens (including phenoxy) is 5. The number of aliphatic hydroxyl groups excluding tert-OH is 4. The third-order valence-electron chi connectivity index (χ3n) is 13.3. The number of hydrogen-bond donors (Lipinski definition) is 6. The van der Waals surface area contributed by atoms with Crippen molar-refractivity contribution in [3.63, 3.8) is 0 Å². The molecule has 4 aliphatic rings. The molecule has 62 heavy (non-hydrogen) atoms. The van der Waals surface area contributed by atoms with E-state index in [2.05, 4.69) is 5.32 Å². The van der Waals surface area contributed by atoms with Gasteiger partial charge in [0.15, 0.2) is 17.5 Å². The minimum absolute atomic E-state index is 0.0705. The molecule has 338 valence electrons. The highest BCUT2D eigenvalue weighted by Crippen LogP contribution is 2.64. The van der Waals surface area contributed by atoms with E-state index in [4.69, 9.17) is 23.7 Å². The number of ketones is 1. The second kappa shape index (κ2) is 17.1. The monoisotopic (exact) mass is 865 g/mol. The van der Waals surface area contributed by atoms with Crippen LogP contribution >= 0.6 is 0 Å². The van der Waals surface area contributed by atoms with Crippen molar-refractivity contribution in [1.82, 2.24) is 5.32 Å². The molecule has 6 N–H and O–H groups in total. The number of benzene rings is 2. The van der Waals surface area contributed by atoms with Crippen LogP contribution in [0.15, 0.2) is 65.7 Å². The van der Waals surface area contributed by atoms with Gasteiger partial charge in [-0.2, -0.15) is 0 Å². The predicted octanol–water partition coefficient (Wildman–Crippen LogP) is 3.18. The first kappa shape index (κ1) is 46.8. The Balaban J connectivity index is 1.48. The molecule has 0 radical (unpaired) electrons. The summed E-state index contributed by atoms with van der Waals surface area (Å²) in [6, 6.07) is 13.1. The Hall–Kier alpha value is -4.71. The zero-order chi connectivity index (χ0) is 45.7. The molecule has 0 spiro atoms. The lowest BCUT2D eigenvalue weighted by Crippen LogP contribution is -2.81. The molecule has 1 saturated heterocycles. The molecule has 1 amide bonds. The second-order valence-electron chi connectivity index (χ2n) is 18.7. The van der Waals surface area contributed by atoms with E-state index >= 15 is 4.79 Å². The van der Waals surface area contributed by atoms with Crippen LogP contribution in [0.2, 0.25) is 0 Å². The van der Waals surface area contributed by atoms with Gasteiger partial charge in [0, 0.05) is 31.8 Å². The molecule has 16 nitrogen and oxygen atoms in total. The molecule has 16 heteroatoms. The summed E-state index contributed by atoms with van der Waals surface area (Å²) in [4.78, 5) is 69.6. The highest BCUT2D eigenvalue weighted by atomic mass is 16.6. The van der Waals surface area contributed by atoms with E-state index < -0.39 is 112 Å². The van der Waals surface area contributed by atoms with Crippen molar-refractivity contribution in [3.8, 4) is 0 Å². The number of aryl methyl sites for hydroxylation is 1. The van der Waals surface area contributed by atoms with Crippen LogP contribution in [0.1, 0.15) is 102 Å². The van der Waals surface area contributed by atoms with E-state index in [9.17, 15) is 44.7 Å². The van der Waals surface area contributed by atoms with Gasteiger partial charge in [-0.25, -0.2) is 14.4 Å². The number of fused-ring (bicyclic) bond motifs is 5. The smallest absolute Gasteiger partial charge is 0.408 e. The lowest BCUT2D eigenvalue weighted by atomic mass is 9.44. The van der Waals surface area contributed by atoms with Gasteiger partial charge in [0.25, 0.3) is 0 Å². The maximum atomic E-state index is 15.0. The molecule has 2 bridgehead atoms. The van der Waals surface area contributed by atoms with Crippen LogP contribution in [-0.4, -0.2) is 122 Å². The zero-order valence-corrected chi connectivity index (χ0v) is 36.4. The van der Waals surface area contributed by atoms with Crippen molar-refractivity contribution in [1.29, 1.82) is 0 Å². The Morgan fingerprint density at radius 1 is 1.00 bits per heavy atom. The average Bonchev–Trinajstić information content (AvgIpc) is 3.19. The molecular weight excluding hydrogens is 806 g/mol. The predicted molar refractivity (Wildman–Crippen MR) is 219 cm³/mol. The minimum atomic E-state index is -2.38. The van der Waals surface area contributed by atoms with Crippen LogP contribution < -0.4 is 5.32 Å². The SMILES string of the molecule is CC(=O)O[C@@]12CO[C@@H]1C[C@H](O)[C@@]1(C)C(=O)[C@H](O)C3=C(C)[C@@H](OC(=O)[C@H](O)[C@@H](NC(=O)OC(C)(C)C)c4cccc(CCCO)c4)C[C@@](O)([C@@H](OC(=O)c4ccccc4)[C@H]21)C3(C)C. The summed E-state index contributed by atoms with van der Waals surface area (Å²) >= 11 is 0. The van der Waals surface area contributed by atoms with Crippen molar-refractivity contribution in [2.75, 3.05) is 13.2 Å². The molecule has 2 aromatic carbocycles. The Morgan fingerprint density at radius 3 is 2.27 bits per heavy atom. The van der Waals surface area contributed by atoms with Gasteiger partial charge in [-0.1, -0.05) is 56.3 Å². The second-order valence-corrected chi connectivity index (χ2v) is 18.7. The number of Topliss-reactive ketones (excluding diaryl/α,β-unsaturated/α-hetero) is 1. The van der Waals surface area contributed by atoms with Gasteiger partial charge in [0.05, 0.1) is 35.6 Å². The number of aliphatic hydroxyl groups is 5. The van der Waals surface area contributed by atoms with E-state index in [0.717, 1.165) is 12.5 Å². The number of nitrogens with one attached hydrogen (secondary N) is 1. The van der Waals surface area contributed by atoms with Gasteiger partial charge in [-0.05, 0) is 81.9 Å². The number of carbonyl (C=O) groups is 5. The lowest BCUT2D eigenvalue weighted by Gasteiger charge is -2.67. The van der Waals surface area contributed by atoms with Crippen molar-refractivity contribution < 1.29 is 73.2 Å². The molecule has 6 rings (SSSR count). The van der Waals surface area contributed by atoms with E-state index in [0.29, 0.717) is 18.4 Å². The molecule has 1 heterocycles. The topological polar surface area (TPSA) is 245 Å². The van der Waals surface area contributed by atoms with Gasteiger partial charge >= 0.3 is 24.0 Å². The maximum Gasteiger partial charge on any atom is 0.408 e. The van der Waals surface area contributed by atoms with Crippen LogP contribution in [0.25, 0.3) is 0 Å². The van der Waals surface area contributed by atoms with Crippen LogP contribution in [0.4, 0.5) is 4.79 Å². The summed E-state index contributed by atoms with van der Waals surface area (Å²) < 4.78 is 29.7. The third-order valence-corrected chi connectivity index (χ3v) is 13.3. The average molecular weight is 866 g/mol. The fraction of sp³-hybridized carbons (Fsp3) is 0.587. The molecule has 0 unspecified atom stereocenters. The third kappa shape index (κ3) is 8.16. The van der Waals surface area contributed by atoms with E-state index in [1.165, 1.54) is 39.8 Å². The van der Waals surface area contributed by atoms with E-state index in [1.54, 1.807) is 63.2 Å². The standard InChI is InChI=1S/C46H59NO15/c1-24-29(59-40(55)35(52)33(47-41(56)62-42(3,4)5)28-18-12-14-26(20-28)15-13-19-48)22-46(57)38(60-39(54)27-16-10-9-11-17-27)36-44(8,37(53)34(51)32(24)43(46,6)7)30(50)21-31-45(36,23-58-31)61-25(2)49/h9-12,14,16-18,20,29-31,33-36,38,48,50-52,57H,13,15,19,21-23H2,1-8H3,(H,47,56)/t29-,30-,31+,33-,34+,35+,36-,38-,44+,45-,46+/m0/s1. The van der Waals surface area contributed by atoms with Crippen LogP contribution in [0, 0.1) is 16.7 Å². The summed E-state index contributed by atoms with van der Waals surface area (Å²) in [7, 11) is 0. The first-order valence-corrected chi connectivity index (χ1v) is 20.9. The van der Waals surface area contributed by atoms with Crippen LogP contribution in [0.3, 0.4) is 0 Å². The minimum Gasteiger partial charge on any atom is -0.456 e. The lowest BCUT2D eigenvalue weighted by molar-refractivity contribution is -0.346. The Bertz CT molecular complexity index is 2100. The molecule has 3 aliphatic carbocycles. The number of esters is 3. The molecule has 3 fully saturated rings. The Morgan fingerprint density at radius 2 is 1.68 bits per heavy atom. The molecule has 2 aromatic rings. The Labute approximate surface area is 360 Å². The van der Waals surface area contributed by atoms with Crippen molar-refractivity contribution >= 4 is 29.8 Å². The van der Waals surface area contributed by atoms with Crippen molar-refractivity contribution in [3.05, 3.63) is 82.4 Å². The maximum absolute atomic E-state index is 15.0. The summed E-state index contributed by atoms with van der Waals surface area (Å²) in [5, 5.41) is 61.4. The Kier molecular flexibility index (Phi) is 12.9. The molecule has 1 aliphatic heterocycles. The van der Waals surface area contributed by atoms with E-state index in [-0.39, 0.29) is 36.3 Å². The van der Waals surface area contributed by atoms with E-state index in [1.807, 2.05) is 0 Å². The first-order chi connectivity index (χ1) is 28.9. The number of amides is 1. The van der Waals surface area contributed by atoms with Gasteiger partial charge in [-0.15, -0.1) is 0 Å². The summed E-state index contributed by atoms with van der Waals surface area (Å²) in [6.45, 7) is 11.7. The number of carbonyl (C=O) groups excluding carboxylic acids is 5. The molecular formula is C46H59NO15. The normalized spacial score (nSPS) is 32.3. The fourth-order valence-electron chi connectivity index (χ4n) is 10.1. The van der Waals surface area contributed by atoms with Gasteiger partial charge in [0.1, 0.15) is 35.6 Å². The molecule has 11 atom stereocenters. The molecule has 2 saturated carbocycles. The molecule has 0 aromatic heterocycles. The largest absolute Gasteiger partial charge is 0.456 e.